The van der Waals surface area contributed by atoms with Gasteiger partial charge in [-0.25, -0.2) is 4.79 Å². The molecule has 0 amide bonds. The van der Waals surface area contributed by atoms with E-state index in [1.54, 1.807) is 6.08 Å². The van der Waals surface area contributed by atoms with Gasteiger partial charge in [-0.3, -0.25) is 0 Å². The fraction of sp³-hybridized carbons (Fsp3) is 0.727. The molecule has 0 N–H and O–H groups in total. The van der Waals surface area contributed by atoms with Crippen molar-refractivity contribution in [1.29, 1.82) is 0 Å². The van der Waals surface area contributed by atoms with Gasteiger partial charge in [-0.2, -0.15) is 0 Å². The number of hydrogen-bond acceptors (Lipinski definition) is 4. The van der Waals surface area contributed by atoms with E-state index in [4.69, 9.17) is 9.47 Å². The molecule has 4 heteroatoms. The summed E-state index contributed by atoms with van der Waals surface area (Å²) in [7, 11) is 1.35. The van der Waals surface area contributed by atoms with Gasteiger partial charge in [0.15, 0.2) is 5.79 Å². The molecule has 2 atom stereocenters. The van der Waals surface area contributed by atoms with Gasteiger partial charge in [-0.05, 0) is 26.3 Å². The number of hydrogen-bond donors (Lipinski definition) is 0. The van der Waals surface area contributed by atoms with E-state index in [1.807, 2.05) is 20.8 Å². The molecule has 0 aromatic rings. The first-order chi connectivity index (χ1) is 6.98. The Morgan fingerprint density at radius 2 is 2.13 bits per heavy atom. The molecule has 0 spiro atoms. The molecule has 1 fully saturated rings. The molecule has 0 unspecified atom stereocenters. The Kier molecular flexibility index (Phi) is 3.88. The molecule has 1 rings (SSSR count). The third-order valence-electron chi connectivity index (χ3n) is 2.25. The maximum atomic E-state index is 10.9. The molecule has 86 valence electrons. The van der Waals surface area contributed by atoms with Gasteiger partial charge >= 0.3 is 5.97 Å². The van der Waals surface area contributed by atoms with Gasteiger partial charge in [-0.1, -0.05) is 6.92 Å². The molecule has 0 aromatic carbocycles. The largest absolute Gasteiger partial charge is 0.466 e. The van der Waals surface area contributed by atoms with Gasteiger partial charge in [0.2, 0.25) is 0 Å². The SMILES string of the molecule is CC[C@H]1OC(C)(C)O[C@@H]1/C=C/C(=O)OC. The fourth-order valence-electron chi connectivity index (χ4n) is 1.58. The molecule has 1 saturated heterocycles. The third-order valence-corrected chi connectivity index (χ3v) is 2.25. The zero-order chi connectivity index (χ0) is 11.5. The average Bonchev–Trinajstić information content (AvgIpc) is 2.49. The lowest BCUT2D eigenvalue weighted by Crippen LogP contribution is -2.21. The van der Waals surface area contributed by atoms with Crippen molar-refractivity contribution < 1.29 is 19.0 Å². The highest BCUT2D eigenvalue weighted by Crippen LogP contribution is 2.30. The second kappa shape index (κ2) is 4.77. The zero-order valence-electron chi connectivity index (χ0n) is 9.65. The summed E-state index contributed by atoms with van der Waals surface area (Å²) in [5, 5.41) is 0. The number of carbonyl (C=O) groups excluding carboxylic acids is 1. The van der Waals surface area contributed by atoms with Crippen molar-refractivity contribution in [2.45, 2.75) is 45.2 Å². The van der Waals surface area contributed by atoms with Crippen LogP contribution in [-0.4, -0.2) is 31.1 Å². The van der Waals surface area contributed by atoms with Crippen molar-refractivity contribution in [1.82, 2.24) is 0 Å². The monoisotopic (exact) mass is 214 g/mol. The van der Waals surface area contributed by atoms with Crippen LogP contribution in [0, 0.1) is 0 Å². The minimum atomic E-state index is -0.578. The summed E-state index contributed by atoms with van der Waals surface area (Å²) in [6.45, 7) is 5.75. The van der Waals surface area contributed by atoms with E-state index in [9.17, 15) is 4.79 Å². The molecule has 4 nitrogen and oxygen atoms in total. The first-order valence-electron chi connectivity index (χ1n) is 5.10. The normalized spacial score (nSPS) is 29.6. The lowest BCUT2D eigenvalue weighted by molar-refractivity contribution is -0.143. The van der Waals surface area contributed by atoms with Crippen LogP contribution in [-0.2, 0) is 19.0 Å². The number of methoxy groups -OCH3 is 1. The zero-order valence-corrected chi connectivity index (χ0v) is 9.65. The van der Waals surface area contributed by atoms with Gasteiger partial charge in [-0.15, -0.1) is 0 Å². The van der Waals surface area contributed by atoms with Crippen molar-refractivity contribution in [3.8, 4) is 0 Å². The smallest absolute Gasteiger partial charge is 0.330 e. The summed E-state index contributed by atoms with van der Waals surface area (Å²) in [5.74, 6) is -0.954. The Morgan fingerprint density at radius 3 is 2.67 bits per heavy atom. The van der Waals surface area contributed by atoms with Crippen LogP contribution in [0.15, 0.2) is 12.2 Å². The summed E-state index contributed by atoms with van der Waals surface area (Å²) >= 11 is 0. The summed E-state index contributed by atoms with van der Waals surface area (Å²) in [5.41, 5.74) is 0. The molecule has 1 aliphatic heterocycles. The van der Waals surface area contributed by atoms with E-state index in [0.29, 0.717) is 0 Å². The number of esters is 1. The van der Waals surface area contributed by atoms with Crippen LogP contribution < -0.4 is 0 Å². The van der Waals surface area contributed by atoms with Crippen molar-refractivity contribution in [3.05, 3.63) is 12.2 Å². The molecule has 1 heterocycles. The van der Waals surface area contributed by atoms with Crippen molar-refractivity contribution in [3.63, 3.8) is 0 Å². The number of ether oxygens (including phenoxy) is 3. The lowest BCUT2D eigenvalue weighted by atomic mass is 10.1. The second-order valence-electron chi connectivity index (χ2n) is 3.93. The van der Waals surface area contributed by atoms with Crippen LogP contribution >= 0.6 is 0 Å². The summed E-state index contributed by atoms with van der Waals surface area (Å²) in [6, 6.07) is 0. The minimum Gasteiger partial charge on any atom is -0.466 e. The van der Waals surface area contributed by atoms with Crippen LogP contribution in [0.25, 0.3) is 0 Å². The maximum absolute atomic E-state index is 10.9. The fourth-order valence-corrected chi connectivity index (χ4v) is 1.58. The van der Waals surface area contributed by atoms with E-state index in [-0.39, 0.29) is 18.2 Å². The lowest BCUT2D eigenvalue weighted by Gasteiger charge is -2.16. The molecule has 0 aliphatic carbocycles. The number of rotatable bonds is 3. The summed E-state index contributed by atoms with van der Waals surface area (Å²) in [4.78, 5) is 10.9. The van der Waals surface area contributed by atoms with E-state index in [2.05, 4.69) is 4.74 Å². The first-order valence-corrected chi connectivity index (χ1v) is 5.10. The standard InChI is InChI=1S/C11H18O4/c1-5-8-9(6-7-10(12)13-4)15-11(2,3)14-8/h6-9H,5H2,1-4H3/b7-6+/t8-,9-/m1/s1. The summed E-state index contributed by atoms with van der Waals surface area (Å²) < 4.78 is 15.8. The van der Waals surface area contributed by atoms with Crippen LogP contribution in [0.1, 0.15) is 27.2 Å². The van der Waals surface area contributed by atoms with Crippen LogP contribution in [0.2, 0.25) is 0 Å². The first kappa shape index (κ1) is 12.2. The minimum absolute atomic E-state index is 0.000839. The van der Waals surface area contributed by atoms with E-state index in [1.165, 1.54) is 13.2 Å². The Labute approximate surface area is 90.2 Å². The highest BCUT2D eigenvalue weighted by atomic mass is 16.7. The molecule has 0 bridgehead atoms. The van der Waals surface area contributed by atoms with Crippen molar-refractivity contribution in [2.75, 3.05) is 7.11 Å². The van der Waals surface area contributed by atoms with Crippen LogP contribution in [0.5, 0.6) is 0 Å². The van der Waals surface area contributed by atoms with Gasteiger partial charge in [0, 0.05) is 6.08 Å². The van der Waals surface area contributed by atoms with E-state index >= 15 is 0 Å². The highest BCUT2D eigenvalue weighted by Gasteiger charge is 2.38. The maximum Gasteiger partial charge on any atom is 0.330 e. The van der Waals surface area contributed by atoms with Gasteiger partial charge in [0.1, 0.15) is 6.10 Å². The van der Waals surface area contributed by atoms with Gasteiger partial charge in [0.05, 0.1) is 13.2 Å². The predicted octanol–water partition coefficient (Wildman–Crippen LogP) is 1.65. The third kappa shape index (κ3) is 3.32. The molecule has 15 heavy (non-hydrogen) atoms. The highest BCUT2D eigenvalue weighted by molar-refractivity contribution is 5.81. The van der Waals surface area contributed by atoms with Crippen LogP contribution in [0.4, 0.5) is 0 Å². The predicted molar refractivity (Wildman–Crippen MR) is 55.3 cm³/mol. The molecular formula is C11H18O4. The van der Waals surface area contributed by atoms with Crippen molar-refractivity contribution in [2.24, 2.45) is 0 Å². The van der Waals surface area contributed by atoms with E-state index < -0.39 is 5.79 Å². The van der Waals surface area contributed by atoms with Gasteiger partial charge < -0.3 is 14.2 Å². The molecular weight excluding hydrogens is 196 g/mol. The molecule has 0 aromatic heterocycles. The molecule has 0 radical (unpaired) electrons. The topological polar surface area (TPSA) is 44.8 Å². The Hall–Kier alpha value is -0.870. The quantitative estimate of drug-likeness (QED) is 0.529. The number of carbonyl (C=O) groups is 1. The van der Waals surface area contributed by atoms with Crippen molar-refractivity contribution >= 4 is 5.97 Å². The Bertz CT molecular complexity index is 257. The Balaban J connectivity index is 2.61. The average molecular weight is 214 g/mol. The molecule has 1 aliphatic rings. The second-order valence-corrected chi connectivity index (χ2v) is 3.93. The summed E-state index contributed by atoms with van der Waals surface area (Å²) in [6.07, 6.45) is 3.73. The van der Waals surface area contributed by atoms with E-state index in [0.717, 1.165) is 6.42 Å². The molecule has 0 saturated carbocycles. The Morgan fingerprint density at radius 1 is 1.47 bits per heavy atom. The van der Waals surface area contributed by atoms with Gasteiger partial charge in [0.25, 0.3) is 0 Å². The van der Waals surface area contributed by atoms with Crippen LogP contribution in [0.3, 0.4) is 0 Å².